The molecule has 2 aromatic rings. The maximum Gasteiger partial charge on any atom is 0.127 e. The molecule has 112 valence electrons. The molecule has 0 saturated heterocycles. The summed E-state index contributed by atoms with van der Waals surface area (Å²) in [5.74, 6) is -0.239. The number of hydrogen-bond acceptors (Lipinski definition) is 2. The van der Waals surface area contributed by atoms with E-state index in [0.29, 0.717) is 17.0 Å². The Morgan fingerprint density at radius 1 is 1.24 bits per heavy atom. The quantitative estimate of drug-likeness (QED) is 0.835. The predicted molar refractivity (Wildman–Crippen MR) is 85.1 cm³/mol. The minimum atomic E-state index is -0.239. The summed E-state index contributed by atoms with van der Waals surface area (Å²) in [6.07, 6.45) is 6.02. The lowest BCUT2D eigenvalue weighted by Crippen LogP contribution is -2.34. The van der Waals surface area contributed by atoms with Crippen molar-refractivity contribution in [2.24, 2.45) is 0 Å². The van der Waals surface area contributed by atoms with Crippen molar-refractivity contribution in [1.82, 2.24) is 10.3 Å². The summed E-state index contributed by atoms with van der Waals surface area (Å²) in [5, 5.41) is 3.96. The zero-order valence-corrected chi connectivity index (χ0v) is 12.9. The lowest BCUT2D eigenvalue weighted by atomic mass is 9.99. The lowest BCUT2D eigenvalue weighted by Gasteiger charge is -2.19. The van der Waals surface area contributed by atoms with Crippen LogP contribution in [0.2, 0.25) is 5.02 Å². The van der Waals surface area contributed by atoms with Gasteiger partial charge in [0.05, 0.1) is 0 Å². The van der Waals surface area contributed by atoms with Crippen LogP contribution in [0.5, 0.6) is 0 Å². The molecule has 4 heteroatoms. The van der Waals surface area contributed by atoms with Crippen LogP contribution < -0.4 is 5.32 Å². The van der Waals surface area contributed by atoms with Gasteiger partial charge < -0.3 is 5.32 Å². The van der Waals surface area contributed by atoms with Crippen LogP contribution in [0.3, 0.4) is 0 Å². The van der Waals surface area contributed by atoms with E-state index < -0.39 is 0 Å². The molecule has 0 saturated carbocycles. The standard InChI is InChI=1S/C17H20ClFN2/c1-2-8-21-14(10-13-5-4-9-20-12-13)11-15-16(18)6-3-7-17(15)19/h3-7,9,12,14,21H,2,8,10-11H2,1H3. The predicted octanol–water partition coefficient (Wildman–Crippen LogP) is 4.03. The van der Waals surface area contributed by atoms with E-state index in [9.17, 15) is 4.39 Å². The Bertz CT molecular complexity index is 540. The first-order valence-corrected chi connectivity index (χ1v) is 7.63. The highest BCUT2D eigenvalue weighted by molar-refractivity contribution is 6.31. The molecule has 1 aromatic carbocycles. The average molecular weight is 307 g/mol. The second kappa shape index (κ2) is 8.11. The first-order chi connectivity index (χ1) is 10.2. The molecule has 0 spiro atoms. The second-order valence-corrected chi connectivity index (χ2v) is 5.53. The molecule has 1 unspecified atom stereocenters. The van der Waals surface area contributed by atoms with Crippen LogP contribution >= 0.6 is 11.6 Å². The molecule has 1 heterocycles. The Kier molecular flexibility index (Phi) is 6.15. The minimum absolute atomic E-state index is 0.142. The number of aromatic nitrogens is 1. The molecule has 0 bridgehead atoms. The Labute approximate surface area is 130 Å². The number of nitrogens with zero attached hydrogens (tertiary/aromatic N) is 1. The number of halogens is 2. The third-order valence-corrected chi connectivity index (χ3v) is 3.75. The summed E-state index contributed by atoms with van der Waals surface area (Å²) in [6.45, 7) is 3.02. The van der Waals surface area contributed by atoms with Crippen molar-refractivity contribution in [3.8, 4) is 0 Å². The third-order valence-electron chi connectivity index (χ3n) is 3.40. The van der Waals surface area contributed by atoms with E-state index in [1.807, 2.05) is 18.3 Å². The SMILES string of the molecule is CCCNC(Cc1cccnc1)Cc1c(F)cccc1Cl. The summed E-state index contributed by atoms with van der Waals surface area (Å²) in [4.78, 5) is 4.13. The smallest absolute Gasteiger partial charge is 0.127 e. The van der Waals surface area contributed by atoms with Crippen LogP contribution in [0.25, 0.3) is 0 Å². The zero-order valence-electron chi connectivity index (χ0n) is 12.2. The van der Waals surface area contributed by atoms with Crippen LogP contribution in [0, 0.1) is 5.82 Å². The highest BCUT2D eigenvalue weighted by Gasteiger charge is 2.15. The summed E-state index contributed by atoms with van der Waals surface area (Å²) in [5.41, 5.74) is 1.72. The molecule has 0 aliphatic carbocycles. The van der Waals surface area contributed by atoms with Gasteiger partial charge in [0, 0.05) is 29.0 Å². The topological polar surface area (TPSA) is 24.9 Å². The molecule has 1 N–H and O–H groups in total. The van der Waals surface area contributed by atoms with E-state index in [1.54, 1.807) is 18.3 Å². The maximum atomic E-state index is 13.9. The van der Waals surface area contributed by atoms with Crippen molar-refractivity contribution in [3.05, 3.63) is 64.7 Å². The van der Waals surface area contributed by atoms with Gasteiger partial charge in [0.2, 0.25) is 0 Å². The zero-order chi connectivity index (χ0) is 15.1. The fourth-order valence-corrected chi connectivity index (χ4v) is 2.58. The molecule has 0 aliphatic rings. The van der Waals surface area contributed by atoms with Crippen molar-refractivity contribution in [2.75, 3.05) is 6.54 Å². The molecule has 0 fully saturated rings. The van der Waals surface area contributed by atoms with E-state index in [2.05, 4.69) is 17.2 Å². The van der Waals surface area contributed by atoms with E-state index in [0.717, 1.165) is 24.9 Å². The van der Waals surface area contributed by atoms with Gasteiger partial charge in [0.1, 0.15) is 5.82 Å². The molecule has 2 rings (SSSR count). The summed E-state index contributed by atoms with van der Waals surface area (Å²) >= 11 is 6.13. The first kappa shape index (κ1) is 15.9. The van der Waals surface area contributed by atoms with Gasteiger partial charge in [-0.3, -0.25) is 4.98 Å². The fraction of sp³-hybridized carbons (Fsp3) is 0.353. The largest absolute Gasteiger partial charge is 0.313 e. The van der Waals surface area contributed by atoms with Crippen molar-refractivity contribution in [2.45, 2.75) is 32.2 Å². The van der Waals surface area contributed by atoms with E-state index in [-0.39, 0.29) is 11.9 Å². The van der Waals surface area contributed by atoms with Crippen LogP contribution in [-0.4, -0.2) is 17.6 Å². The van der Waals surface area contributed by atoms with Crippen LogP contribution in [0.4, 0.5) is 4.39 Å². The fourth-order valence-electron chi connectivity index (χ4n) is 2.34. The minimum Gasteiger partial charge on any atom is -0.313 e. The molecule has 2 nitrogen and oxygen atoms in total. The number of pyridine rings is 1. The number of hydrogen-bond donors (Lipinski definition) is 1. The molecule has 1 atom stereocenters. The summed E-state index contributed by atoms with van der Waals surface area (Å²) < 4.78 is 13.9. The third kappa shape index (κ3) is 4.80. The molecular weight excluding hydrogens is 287 g/mol. The van der Waals surface area contributed by atoms with Gasteiger partial charge in [-0.15, -0.1) is 0 Å². The number of nitrogens with one attached hydrogen (secondary N) is 1. The molecule has 0 radical (unpaired) electrons. The van der Waals surface area contributed by atoms with E-state index in [1.165, 1.54) is 6.07 Å². The number of rotatable bonds is 7. The van der Waals surface area contributed by atoms with Gasteiger partial charge >= 0.3 is 0 Å². The van der Waals surface area contributed by atoms with Crippen LogP contribution in [-0.2, 0) is 12.8 Å². The van der Waals surface area contributed by atoms with Gasteiger partial charge in [0.15, 0.2) is 0 Å². The maximum absolute atomic E-state index is 13.9. The summed E-state index contributed by atoms with van der Waals surface area (Å²) in [6, 6.07) is 8.93. The van der Waals surface area contributed by atoms with Crippen LogP contribution in [0.1, 0.15) is 24.5 Å². The molecular formula is C17H20ClFN2. The lowest BCUT2D eigenvalue weighted by molar-refractivity contribution is 0.492. The van der Waals surface area contributed by atoms with Gasteiger partial charge in [-0.25, -0.2) is 4.39 Å². The van der Waals surface area contributed by atoms with Crippen LogP contribution in [0.15, 0.2) is 42.7 Å². The van der Waals surface area contributed by atoms with Gasteiger partial charge in [0.25, 0.3) is 0 Å². The monoisotopic (exact) mass is 306 g/mol. The van der Waals surface area contributed by atoms with Crippen molar-refractivity contribution >= 4 is 11.6 Å². The first-order valence-electron chi connectivity index (χ1n) is 7.26. The molecule has 0 aliphatic heterocycles. The highest BCUT2D eigenvalue weighted by atomic mass is 35.5. The Hall–Kier alpha value is -1.45. The van der Waals surface area contributed by atoms with Gasteiger partial charge in [-0.2, -0.15) is 0 Å². The van der Waals surface area contributed by atoms with Crippen molar-refractivity contribution in [1.29, 1.82) is 0 Å². The Balaban J connectivity index is 2.12. The van der Waals surface area contributed by atoms with E-state index in [4.69, 9.17) is 11.6 Å². The summed E-state index contributed by atoms with van der Waals surface area (Å²) in [7, 11) is 0. The van der Waals surface area contributed by atoms with E-state index >= 15 is 0 Å². The molecule has 0 amide bonds. The Morgan fingerprint density at radius 3 is 2.76 bits per heavy atom. The van der Waals surface area contributed by atoms with Crippen molar-refractivity contribution < 1.29 is 4.39 Å². The average Bonchev–Trinajstić information content (AvgIpc) is 2.49. The normalized spacial score (nSPS) is 12.3. The number of benzene rings is 1. The Morgan fingerprint density at radius 2 is 2.10 bits per heavy atom. The highest BCUT2D eigenvalue weighted by Crippen LogP contribution is 2.21. The molecule has 1 aromatic heterocycles. The van der Waals surface area contributed by atoms with Gasteiger partial charge in [-0.1, -0.05) is 30.7 Å². The second-order valence-electron chi connectivity index (χ2n) is 5.12. The molecule has 21 heavy (non-hydrogen) atoms. The van der Waals surface area contributed by atoms with Crippen molar-refractivity contribution in [3.63, 3.8) is 0 Å². The van der Waals surface area contributed by atoms with Gasteiger partial charge in [-0.05, 0) is 49.6 Å².